The minimum atomic E-state index is -0.122. The monoisotopic (exact) mass is 285 g/mol. The van der Waals surface area contributed by atoms with Crippen molar-refractivity contribution in [1.82, 2.24) is 4.90 Å². The summed E-state index contributed by atoms with van der Waals surface area (Å²) in [6, 6.07) is 8.89. The molecule has 0 saturated heterocycles. The predicted octanol–water partition coefficient (Wildman–Crippen LogP) is 3.31. The highest BCUT2D eigenvalue weighted by Gasteiger charge is 2.17. The van der Waals surface area contributed by atoms with Crippen LogP contribution in [0.2, 0.25) is 0 Å². The number of ether oxygens (including phenoxy) is 1. The van der Waals surface area contributed by atoms with Crippen LogP contribution in [0.4, 0.5) is 0 Å². The minimum Gasteiger partial charge on any atom is -0.496 e. The Morgan fingerprint density at radius 3 is 2.81 bits per heavy atom. The van der Waals surface area contributed by atoms with E-state index in [1.165, 1.54) is 0 Å². The second kappa shape index (κ2) is 5.36. The van der Waals surface area contributed by atoms with Crippen LogP contribution >= 0.6 is 0 Å². The van der Waals surface area contributed by atoms with Crippen LogP contribution in [0.3, 0.4) is 0 Å². The van der Waals surface area contributed by atoms with E-state index in [4.69, 9.17) is 13.6 Å². The molecule has 0 N–H and O–H groups in total. The molecule has 5 heteroatoms. The van der Waals surface area contributed by atoms with E-state index in [9.17, 15) is 4.79 Å². The molecule has 3 rings (SSSR count). The van der Waals surface area contributed by atoms with E-state index in [0.29, 0.717) is 23.4 Å². The SMILES string of the molecule is COc1cc(C(=O)N(C)Cc2ccco2)cc2occc12. The Kier molecular flexibility index (Phi) is 3.39. The molecule has 0 spiro atoms. The summed E-state index contributed by atoms with van der Waals surface area (Å²) in [7, 11) is 3.30. The van der Waals surface area contributed by atoms with Gasteiger partial charge in [-0.25, -0.2) is 0 Å². The lowest BCUT2D eigenvalue weighted by Gasteiger charge is -2.16. The Hall–Kier alpha value is -2.69. The zero-order valence-corrected chi connectivity index (χ0v) is 11.8. The molecule has 21 heavy (non-hydrogen) atoms. The van der Waals surface area contributed by atoms with Gasteiger partial charge >= 0.3 is 0 Å². The van der Waals surface area contributed by atoms with Gasteiger partial charge in [0.25, 0.3) is 5.91 Å². The summed E-state index contributed by atoms with van der Waals surface area (Å²) in [5.41, 5.74) is 1.15. The van der Waals surface area contributed by atoms with Crippen molar-refractivity contribution in [2.45, 2.75) is 6.54 Å². The fourth-order valence-electron chi connectivity index (χ4n) is 2.26. The molecule has 0 radical (unpaired) electrons. The van der Waals surface area contributed by atoms with Crippen molar-refractivity contribution >= 4 is 16.9 Å². The minimum absolute atomic E-state index is 0.122. The summed E-state index contributed by atoms with van der Waals surface area (Å²) in [6.07, 6.45) is 3.17. The molecule has 1 aromatic carbocycles. The van der Waals surface area contributed by atoms with Crippen LogP contribution in [0.25, 0.3) is 11.0 Å². The van der Waals surface area contributed by atoms with Crippen LogP contribution in [0.1, 0.15) is 16.1 Å². The summed E-state index contributed by atoms with van der Waals surface area (Å²) < 4.78 is 15.9. The van der Waals surface area contributed by atoms with Crippen LogP contribution < -0.4 is 4.74 Å². The van der Waals surface area contributed by atoms with E-state index in [2.05, 4.69) is 0 Å². The van der Waals surface area contributed by atoms with E-state index in [0.717, 1.165) is 11.1 Å². The number of nitrogens with zero attached hydrogens (tertiary/aromatic N) is 1. The quantitative estimate of drug-likeness (QED) is 0.738. The maximum absolute atomic E-state index is 12.5. The predicted molar refractivity (Wildman–Crippen MR) is 77.3 cm³/mol. The van der Waals surface area contributed by atoms with Gasteiger partial charge in [0, 0.05) is 12.6 Å². The van der Waals surface area contributed by atoms with Gasteiger partial charge in [-0.1, -0.05) is 0 Å². The number of furan rings is 2. The number of hydrogen-bond acceptors (Lipinski definition) is 4. The first-order valence-corrected chi connectivity index (χ1v) is 6.52. The van der Waals surface area contributed by atoms with Crippen molar-refractivity contribution in [2.24, 2.45) is 0 Å². The van der Waals surface area contributed by atoms with E-state index in [1.54, 1.807) is 49.8 Å². The summed E-state index contributed by atoms with van der Waals surface area (Å²) in [4.78, 5) is 14.1. The second-order valence-corrected chi connectivity index (χ2v) is 4.75. The van der Waals surface area contributed by atoms with Gasteiger partial charge in [-0.2, -0.15) is 0 Å². The smallest absolute Gasteiger partial charge is 0.254 e. The van der Waals surface area contributed by atoms with Gasteiger partial charge in [-0.15, -0.1) is 0 Å². The Morgan fingerprint density at radius 1 is 1.24 bits per heavy atom. The molecule has 2 aromatic heterocycles. The van der Waals surface area contributed by atoms with Crippen molar-refractivity contribution in [2.75, 3.05) is 14.2 Å². The maximum Gasteiger partial charge on any atom is 0.254 e. The van der Waals surface area contributed by atoms with Gasteiger partial charge in [0.15, 0.2) is 0 Å². The van der Waals surface area contributed by atoms with Gasteiger partial charge in [-0.3, -0.25) is 4.79 Å². The van der Waals surface area contributed by atoms with Crippen LogP contribution in [0.5, 0.6) is 5.75 Å². The molecule has 0 fully saturated rings. The van der Waals surface area contributed by atoms with E-state index in [-0.39, 0.29) is 5.91 Å². The highest BCUT2D eigenvalue weighted by atomic mass is 16.5. The Bertz CT molecular complexity index is 758. The number of hydrogen-bond donors (Lipinski definition) is 0. The number of methoxy groups -OCH3 is 1. The molecule has 108 valence electrons. The average Bonchev–Trinajstić information content (AvgIpc) is 3.15. The molecule has 0 aliphatic rings. The van der Waals surface area contributed by atoms with Crippen LogP contribution in [-0.4, -0.2) is 25.0 Å². The summed E-state index contributed by atoms with van der Waals surface area (Å²) >= 11 is 0. The Balaban J connectivity index is 1.90. The Morgan fingerprint density at radius 2 is 2.10 bits per heavy atom. The molecule has 5 nitrogen and oxygen atoms in total. The van der Waals surface area contributed by atoms with Crippen molar-refractivity contribution in [3.05, 3.63) is 54.2 Å². The third-order valence-corrected chi connectivity index (χ3v) is 3.32. The molecule has 0 atom stereocenters. The van der Waals surface area contributed by atoms with Gasteiger partial charge in [-0.05, 0) is 30.3 Å². The summed E-state index contributed by atoms with van der Waals surface area (Å²) in [5, 5.41) is 0.850. The fraction of sp³-hybridized carbons (Fsp3) is 0.188. The molecular formula is C16H15NO4. The lowest BCUT2D eigenvalue weighted by atomic mass is 10.1. The molecule has 1 amide bonds. The number of benzene rings is 1. The zero-order valence-electron chi connectivity index (χ0n) is 11.8. The van der Waals surface area contributed by atoms with Crippen molar-refractivity contribution in [3.63, 3.8) is 0 Å². The first-order chi connectivity index (χ1) is 10.2. The largest absolute Gasteiger partial charge is 0.496 e. The second-order valence-electron chi connectivity index (χ2n) is 4.75. The van der Waals surface area contributed by atoms with Gasteiger partial charge in [0.05, 0.1) is 31.6 Å². The van der Waals surface area contributed by atoms with Crippen LogP contribution in [-0.2, 0) is 6.54 Å². The topological polar surface area (TPSA) is 55.8 Å². The number of rotatable bonds is 4. The Labute approximate surface area is 121 Å². The van der Waals surface area contributed by atoms with E-state index < -0.39 is 0 Å². The van der Waals surface area contributed by atoms with Crippen molar-refractivity contribution < 1.29 is 18.4 Å². The summed E-state index contributed by atoms with van der Waals surface area (Å²) in [5.74, 6) is 1.23. The maximum atomic E-state index is 12.5. The van der Waals surface area contributed by atoms with Crippen molar-refractivity contribution in [3.8, 4) is 5.75 Å². The molecule has 2 heterocycles. The van der Waals surface area contributed by atoms with Crippen LogP contribution in [0.15, 0.2) is 51.7 Å². The lowest BCUT2D eigenvalue weighted by Crippen LogP contribution is -2.26. The van der Waals surface area contributed by atoms with Crippen molar-refractivity contribution in [1.29, 1.82) is 0 Å². The molecular weight excluding hydrogens is 270 g/mol. The third-order valence-electron chi connectivity index (χ3n) is 3.32. The molecule has 0 saturated carbocycles. The molecule has 0 unspecified atom stereocenters. The van der Waals surface area contributed by atoms with Gasteiger partial charge in [0.1, 0.15) is 17.1 Å². The summed E-state index contributed by atoms with van der Waals surface area (Å²) in [6.45, 7) is 0.407. The normalized spacial score (nSPS) is 10.8. The number of fused-ring (bicyclic) bond motifs is 1. The van der Waals surface area contributed by atoms with Gasteiger partial charge in [0.2, 0.25) is 0 Å². The number of carbonyl (C=O) groups is 1. The number of amides is 1. The first kappa shape index (κ1) is 13.3. The molecule has 0 aliphatic heterocycles. The highest BCUT2D eigenvalue weighted by molar-refractivity contribution is 5.99. The average molecular weight is 285 g/mol. The molecule has 3 aromatic rings. The highest BCUT2D eigenvalue weighted by Crippen LogP contribution is 2.29. The zero-order chi connectivity index (χ0) is 14.8. The van der Waals surface area contributed by atoms with E-state index >= 15 is 0 Å². The fourth-order valence-corrected chi connectivity index (χ4v) is 2.26. The third kappa shape index (κ3) is 2.50. The number of carbonyl (C=O) groups excluding carboxylic acids is 1. The molecule has 0 bridgehead atoms. The lowest BCUT2D eigenvalue weighted by molar-refractivity contribution is 0.0775. The van der Waals surface area contributed by atoms with E-state index in [1.807, 2.05) is 12.1 Å². The van der Waals surface area contributed by atoms with Gasteiger partial charge < -0.3 is 18.5 Å². The first-order valence-electron chi connectivity index (χ1n) is 6.52. The molecule has 0 aliphatic carbocycles. The van der Waals surface area contributed by atoms with Crippen LogP contribution in [0, 0.1) is 0 Å². The standard InChI is InChI=1S/C16H15NO4/c1-17(10-12-4-3-6-20-12)16(18)11-8-14(19-2)13-5-7-21-15(13)9-11/h3-9H,10H2,1-2H3.